The van der Waals surface area contributed by atoms with Gasteiger partial charge in [0.1, 0.15) is 11.5 Å². The molecule has 2 rings (SSSR count). The van der Waals surface area contributed by atoms with Crippen LogP contribution in [0.1, 0.15) is 2.85 Å². The van der Waals surface area contributed by atoms with Gasteiger partial charge in [-0.1, -0.05) is 36.4 Å². The van der Waals surface area contributed by atoms with Crippen LogP contribution in [0.25, 0.3) is 0 Å². The van der Waals surface area contributed by atoms with E-state index in [0.29, 0.717) is 0 Å². The Morgan fingerprint density at radius 3 is 1.50 bits per heavy atom. The predicted octanol–water partition coefficient (Wildman–Crippen LogP) is 3.09. The van der Waals surface area contributed by atoms with Gasteiger partial charge in [-0.3, -0.25) is 4.89 Å². The Hall–Kier alpha value is -0.510. The Labute approximate surface area is 138 Å². The summed E-state index contributed by atoms with van der Waals surface area (Å²) in [5, 5.41) is 0. The summed E-state index contributed by atoms with van der Waals surface area (Å²) in [6, 6.07) is 16.7. The Balaban J connectivity index is 0. The van der Waals surface area contributed by atoms with Crippen LogP contribution in [0.15, 0.2) is 60.7 Å². The maximum Gasteiger partial charge on any atom is 2.00 e. The van der Waals surface area contributed by atoms with E-state index < -0.39 is 7.82 Å². The van der Waals surface area contributed by atoms with Crippen molar-refractivity contribution in [3.63, 3.8) is 0 Å². The van der Waals surface area contributed by atoms with Crippen LogP contribution in [0.4, 0.5) is 0 Å². The van der Waals surface area contributed by atoms with Crippen LogP contribution >= 0.6 is 7.82 Å². The molecule has 0 fully saturated rings. The molecule has 0 aliphatic carbocycles. The summed E-state index contributed by atoms with van der Waals surface area (Å²) in [7, 11) is -4.14. The van der Waals surface area contributed by atoms with E-state index >= 15 is 0 Å². The molecule has 0 amide bonds. The fourth-order valence-electron chi connectivity index (χ4n) is 1.25. The van der Waals surface area contributed by atoms with Crippen LogP contribution in [-0.2, 0) is 4.57 Å². The van der Waals surface area contributed by atoms with Crippen molar-refractivity contribution < 1.29 is 21.4 Å². The largest absolute Gasteiger partial charge is 2.00 e. The van der Waals surface area contributed by atoms with E-state index in [-0.39, 0.29) is 52.1 Å². The van der Waals surface area contributed by atoms with Gasteiger partial charge < -0.3 is 11.9 Å². The Morgan fingerprint density at radius 1 is 0.833 bits per heavy atom. The summed E-state index contributed by atoms with van der Waals surface area (Å²) in [4.78, 5) is 9.53. The molecule has 0 aliphatic heterocycles. The van der Waals surface area contributed by atoms with E-state index in [2.05, 4.69) is 0 Å². The monoisotopic (exact) mass is 292 g/mol. The van der Waals surface area contributed by atoms with Gasteiger partial charge in [0.25, 0.3) is 0 Å². The molecular formula is C12H13CaO4P. The van der Waals surface area contributed by atoms with E-state index in [1.807, 2.05) is 0 Å². The van der Waals surface area contributed by atoms with Crippen molar-refractivity contribution in [2.45, 2.75) is 0 Å². The van der Waals surface area contributed by atoms with E-state index in [1.165, 1.54) is 0 Å². The molecule has 0 atom stereocenters. The smallest absolute Gasteiger partial charge is 1.00 e. The van der Waals surface area contributed by atoms with Crippen molar-refractivity contribution >= 4 is 45.6 Å². The van der Waals surface area contributed by atoms with Crippen molar-refractivity contribution in [3.05, 3.63) is 60.7 Å². The van der Waals surface area contributed by atoms with Gasteiger partial charge in [-0.05, 0) is 24.3 Å². The van der Waals surface area contributed by atoms with Gasteiger partial charge in [-0.25, -0.2) is 4.57 Å². The summed E-state index contributed by atoms with van der Waals surface area (Å²) >= 11 is 0. The van der Waals surface area contributed by atoms with Crippen molar-refractivity contribution in [1.29, 1.82) is 0 Å². The molecular weight excluding hydrogens is 279 g/mol. The summed E-state index contributed by atoms with van der Waals surface area (Å²) < 4.78 is 21.5. The Kier molecular flexibility index (Phi) is 6.19. The quantitative estimate of drug-likeness (QED) is 0.695. The first-order valence-electron chi connectivity index (χ1n) is 4.98. The Bertz CT molecular complexity index is 482. The molecule has 4 nitrogen and oxygen atoms in total. The van der Waals surface area contributed by atoms with Gasteiger partial charge in [-0.15, -0.1) is 0 Å². The zero-order valence-electron chi connectivity index (χ0n) is 11.6. The normalized spacial score (nSPS) is 10.3. The van der Waals surface area contributed by atoms with Crippen LogP contribution in [-0.4, -0.2) is 42.6 Å². The minimum atomic E-state index is -4.14. The second kappa shape index (κ2) is 7.17. The molecule has 0 radical (unpaired) electrons. The first-order valence-corrected chi connectivity index (χ1v) is 6.47. The summed E-state index contributed by atoms with van der Waals surface area (Å²) in [5.41, 5.74) is 0. The van der Waals surface area contributed by atoms with Gasteiger partial charge in [0.15, 0.2) is 0 Å². The number of hydrogen-bond donors (Lipinski definition) is 1. The molecule has 0 spiro atoms. The number of rotatable bonds is 4. The second-order valence-electron chi connectivity index (χ2n) is 3.28. The van der Waals surface area contributed by atoms with Gasteiger partial charge >= 0.3 is 45.6 Å². The molecule has 6 heteroatoms. The maximum absolute atomic E-state index is 11.7. The third-order valence-electron chi connectivity index (χ3n) is 1.93. The van der Waals surface area contributed by atoms with Crippen molar-refractivity contribution in [1.82, 2.24) is 0 Å². The van der Waals surface area contributed by atoms with Gasteiger partial charge in [0, 0.05) is 0 Å². The van der Waals surface area contributed by atoms with Gasteiger partial charge in [-0.2, -0.15) is 0 Å². The van der Waals surface area contributed by atoms with E-state index in [0.717, 1.165) is 0 Å². The molecule has 0 aliphatic rings. The van der Waals surface area contributed by atoms with Crippen LogP contribution < -0.4 is 9.05 Å². The molecule has 0 bridgehead atoms. The number of benzene rings is 2. The average Bonchev–Trinajstić information content (AvgIpc) is 2.30. The van der Waals surface area contributed by atoms with Crippen molar-refractivity contribution in [3.8, 4) is 11.5 Å². The number of phosphoric ester groups is 1. The molecule has 0 saturated heterocycles. The fraction of sp³-hybridized carbons (Fsp3) is 0. The van der Waals surface area contributed by atoms with Crippen LogP contribution in [0, 0.1) is 0 Å². The van der Waals surface area contributed by atoms with E-state index in [4.69, 9.17) is 9.05 Å². The summed E-state index contributed by atoms with van der Waals surface area (Å²) in [6.07, 6.45) is 0. The molecule has 2 aromatic rings. The minimum absolute atomic E-state index is 0. The van der Waals surface area contributed by atoms with Crippen LogP contribution in [0.3, 0.4) is 0 Å². The zero-order chi connectivity index (χ0) is 12.1. The zero-order valence-corrected chi connectivity index (χ0v) is 12.7. The SMILES string of the molecule is O=P(O)(Oc1ccccc1)Oc1ccccc1.[Ca+2].[H-].[H-]. The predicted molar refractivity (Wildman–Crippen MR) is 71.9 cm³/mol. The molecule has 92 valence electrons. The molecule has 1 N–H and O–H groups in total. The van der Waals surface area contributed by atoms with Crippen molar-refractivity contribution in [2.24, 2.45) is 0 Å². The molecule has 0 aromatic heterocycles. The van der Waals surface area contributed by atoms with Crippen LogP contribution in [0.5, 0.6) is 11.5 Å². The second-order valence-corrected chi connectivity index (χ2v) is 4.58. The van der Waals surface area contributed by atoms with Crippen molar-refractivity contribution in [2.75, 3.05) is 0 Å². The average molecular weight is 292 g/mol. The third kappa shape index (κ3) is 5.01. The van der Waals surface area contributed by atoms with Crippen LogP contribution in [0.2, 0.25) is 0 Å². The molecule has 0 unspecified atom stereocenters. The summed E-state index contributed by atoms with van der Waals surface area (Å²) in [6.45, 7) is 0. The van der Waals surface area contributed by atoms with Gasteiger partial charge in [0.2, 0.25) is 0 Å². The molecule has 2 aromatic carbocycles. The summed E-state index contributed by atoms with van der Waals surface area (Å²) in [5.74, 6) is 0.573. The first-order chi connectivity index (χ1) is 8.16. The van der Waals surface area contributed by atoms with E-state index in [1.54, 1.807) is 60.7 Å². The molecule has 18 heavy (non-hydrogen) atoms. The maximum atomic E-state index is 11.7. The topological polar surface area (TPSA) is 55.8 Å². The molecule has 0 heterocycles. The standard InChI is InChI=1S/C12H11O4P.Ca.2H/c13-17(14,15-11-7-3-1-4-8-11)16-12-9-5-2-6-10-12;;;/h1-10H,(H,13,14);;;/q;+2;2*-1. The van der Waals surface area contributed by atoms with Gasteiger partial charge in [0.05, 0.1) is 0 Å². The third-order valence-corrected chi connectivity index (χ3v) is 2.81. The minimum Gasteiger partial charge on any atom is -1.00 e. The van der Waals surface area contributed by atoms with E-state index in [9.17, 15) is 9.46 Å². The number of hydrogen-bond acceptors (Lipinski definition) is 3. The number of phosphoric acid groups is 1. The Morgan fingerprint density at radius 2 is 1.17 bits per heavy atom. The number of para-hydroxylation sites is 2. The molecule has 0 saturated carbocycles. The first kappa shape index (κ1) is 15.5. The fourth-order valence-corrected chi connectivity index (χ4v) is 2.06.